The van der Waals surface area contributed by atoms with E-state index in [1.54, 1.807) is 0 Å². The fourth-order valence-electron chi connectivity index (χ4n) is 1.84. The Hall–Kier alpha value is -0.120. The molecule has 0 aromatic rings. The maximum Gasteiger partial charge on any atom is 0.0594 e. The molecule has 0 bridgehead atoms. The highest BCUT2D eigenvalue weighted by Gasteiger charge is 2.10. The van der Waals surface area contributed by atoms with Crippen LogP contribution >= 0.6 is 0 Å². The van der Waals surface area contributed by atoms with Crippen molar-refractivity contribution in [2.45, 2.75) is 33.6 Å². The Morgan fingerprint density at radius 2 is 1.81 bits per heavy atom. The normalized spacial score (nSPS) is 18.9. The summed E-state index contributed by atoms with van der Waals surface area (Å²) in [6, 6.07) is 0. The zero-order valence-electron chi connectivity index (χ0n) is 11.2. The van der Waals surface area contributed by atoms with Crippen LogP contribution in [-0.4, -0.2) is 50.8 Å². The minimum Gasteiger partial charge on any atom is -0.379 e. The van der Waals surface area contributed by atoms with Gasteiger partial charge in [0, 0.05) is 13.1 Å². The smallest absolute Gasteiger partial charge is 0.0594 e. The number of ether oxygens (including phenoxy) is 1. The van der Waals surface area contributed by atoms with Crippen LogP contribution < -0.4 is 5.32 Å². The van der Waals surface area contributed by atoms with E-state index in [-0.39, 0.29) is 0 Å². The average molecular weight is 228 g/mol. The van der Waals surface area contributed by atoms with Crippen LogP contribution in [0.4, 0.5) is 0 Å². The maximum absolute atomic E-state index is 5.32. The van der Waals surface area contributed by atoms with Crippen molar-refractivity contribution >= 4 is 0 Å². The van der Waals surface area contributed by atoms with E-state index in [1.807, 2.05) is 0 Å². The van der Waals surface area contributed by atoms with Crippen molar-refractivity contribution < 1.29 is 4.74 Å². The number of hydrogen-bond acceptors (Lipinski definition) is 3. The van der Waals surface area contributed by atoms with Crippen LogP contribution in [0.1, 0.15) is 33.6 Å². The van der Waals surface area contributed by atoms with E-state index in [0.717, 1.165) is 39.4 Å². The molecule has 0 aliphatic carbocycles. The number of hydrogen-bond donors (Lipinski definition) is 1. The highest BCUT2D eigenvalue weighted by molar-refractivity contribution is 4.65. The van der Waals surface area contributed by atoms with Crippen molar-refractivity contribution in [3.05, 3.63) is 0 Å². The maximum atomic E-state index is 5.32. The summed E-state index contributed by atoms with van der Waals surface area (Å²) in [6.07, 6.45) is 2.51. The first-order chi connectivity index (χ1) is 7.58. The summed E-state index contributed by atoms with van der Waals surface area (Å²) in [5.41, 5.74) is 0.456. The molecular formula is C13H28N2O. The molecule has 0 aromatic heterocycles. The average Bonchev–Trinajstić information content (AvgIpc) is 2.23. The van der Waals surface area contributed by atoms with Crippen LogP contribution in [0.3, 0.4) is 0 Å². The minimum absolute atomic E-state index is 0.456. The molecule has 0 amide bonds. The van der Waals surface area contributed by atoms with Gasteiger partial charge in [0.25, 0.3) is 0 Å². The molecule has 1 aliphatic heterocycles. The van der Waals surface area contributed by atoms with Gasteiger partial charge in [0.2, 0.25) is 0 Å². The fraction of sp³-hybridized carbons (Fsp3) is 1.00. The van der Waals surface area contributed by atoms with Gasteiger partial charge < -0.3 is 10.1 Å². The SMILES string of the molecule is CC(C)(C)CCNCCCN1CCOCC1. The van der Waals surface area contributed by atoms with Crippen molar-refractivity contribution in [1.82, 2.24) is 10.2 Å². The summed E-state index contributed by atoms with van der Waals surface area (Å²) in [6.45, 7) is 14.4. The van der Waals surface area contributed by atoms with Gasteiger partial charge in [-0.3, -0.25) is 4.90 Å². The van der Waals surface area contributed by atoms with Crippen LogP contribution in [0.25, 0.3) is 0 Å². The highest BCUT2D eigenvalue weighted by atomic mass is 16.5. The van der Waals surface area contributed by atoms with Crippen LogP contribution in [0, 0.1) is 5.41 Å². The van der Waals surface area contributed by atoms with E-state index < -0.39 is 0 Å². The third-order valence-electron chi connectivity index (χ3n) is 2.98. The number of rotatable bonds is 6. The monoisotopic (exact) mass is 228 g/mol. The standard InChI is InChI=1S/C13H28N2O/c1-13(2,3)5-7-14-6-4-8-15-9-11-16-12-10-15/h14H,4-12H2,1-3H3. The second kappa shape index (κ2) is 7.25. The molecule has 0 aromatic carbocycles. The van der Waals surface area contributed by atoms with Gasteiger partial charge in [-0.2, -0.15) is 0 Å². The Morgan fingerprint density at radius 3 is 2.44 bits per heavy atom. The lowest BCUT2D eigenvalue weighted by Gasteiger charge is -2.26. The van der Waals surface area contributed by atoms with E-state index in [2.05, 4.69) is 31.0 Å². The van der Waals surface area contributed by atoms with Gasteiger partial charge >= 0.3 is 0 Å². The Labute approximate surface area is 101 Å². The zero-order chi connectivity index (χ0) is 11.9. The lowest BCUT2D eigenvalue weighted by atomic mass is 9.92. The van der Waals surface area contributed by atoms with Crippen LogP contribution in [-0.2, 0) is 4.74 Å². The van der Waals surface area contributed by atoms with E-state index >= 15 is 0 Å². The second-order valence-electron chi connectivity index (χ2n) is 5.87. The Bertz CT molecular complexity index is 171. The summed E-state index contributed by atoms with van der Waals surface area (Å²) in [5, 5.41) is 3.52. The van der Waals surface area contributed by atoms with Gasteiger partial charge in [0.15, 0.2) is 0 Å². The Balaban J connectivity index is 1.87. The van der Waals surface area contributed by atoms with Gasteiger partial charge in [0.05, 0.1) is 13.2 Å². The van der Waals surface area contributed by atoms with Gasteiger partial charge in [0.1, 0.15) is 0 Å². The minimum atomic E-state index is 0.456. The molecule has 0 spiro atoms. The lowest BCUT2D eigenvalue weighted by molar-refractivity contribution is 0.0374. The molecule has 96 valence electrons. The molecule has 3 heteroatoms. The van der Waals surface area contributed by atoms with Crippen molar-refractivity contribution in [1.29, 1.82) is 0 Å². The number of nitrogens with one attached hydrogen (secondary N) is 1. The van der Waals surface area contributed by atoms with Crippen molar-refractivity contribution in [3.8, 4) is 0 Å². The predicted octanol–water partition coefficient (Wildman–Crippen LogP) is 1.73. The van der Waals surface area contributed by atoms with Gasteiger partial charge in [-0.1, -0.05) is 20.8 Å². The molecule has 1 fully saturated rings. The third-order valence-corrected chi connectivity index (χ3v) is 2.98. The quantitative estimate of drug-likeness (QED) is 0.701. The van der Waals surface area contributed by atoms with Gasteiger partial charge in [-0.15, -0.1) is 0 Å². The van der Waals surface area contributed by atoms with E-state index in [4.69, 9.17) is 4.74 Å². The van der Waals surface area contributed by atoms with Gasteiger partial charge in [-0.25, -0.2) is 0 Å². The molecule has 0 atom stereocenters. The molecule has 3 nitrogen and oxygen atoms in total. The van der Waals surface area contributed by atoms with E-state index in [9.17, 15) is 0 Å². The molecule has 1 aliphatic rings. The first-order valence-corrected chi connectivity index (χ1v) is 6.59. The zero-order valence-corrected chi connectivity index (χ0v) is 11.2. The fourth-order valence-corrected chi connectivity index (χ4v) is 1.84. The van der Waals surface area contributed by atoms with E-state index in [0.29, 0.717) is 5.41 Å². The summed E-state index contributed by atoms with van der Waals surface area (Å²) in [7, 11) is 0. The molecule has 0 saturated carbocycles. The Kier molecular flexibility index (Phi) is 6.32. The molecule has 16 heavy (non-hydrogen) atoms. The molecule has 1 heterocycles. The molecule has 0 radical (unpaired) electrons. The largest absolute Gasteiger partial charge is 0.379 e. The van der Waals surface area contributed by atoms with Crippen molar-refractivity contribution in [3.63, 3.8) is 0 Å². The van der Waals surface area contributed by atoms with Crippen molar-refractivity contribution in [2.24, 2.45) is 5.41 Å². The summed E-state index contributed by atoms with van der Waals surface area (Å²) >= 11 is 0. The molecule has 1 N–H and O–H groups in total. The van der Waals surface area contributed by atoms with Crippen LogP contribution in [0.5, 0.6) is 0 Å². The summed E-state index contributed by atoms with van der Waals surface area (Å²) in [5.74, 6) is 0. The number of morpholine rings is 1. The summed E-state index contributed by atoms with van der Waals surface area (Å²) < 4.78 is 5.32. The Morgan fingerprint density at radius 1 is 1.12 bits per heavy atom. The van der Waals surface area contributed by atoms with Crippen LogP contribution in [0.15, 0.2) is 0 Å². The topological polar surface area (TPSA) is 24.5 Å². The molecule has 1 rings (SSSR count). The van der Waals surface area contributed by atoms with E-state index in [1.165, 1.54) is 19.4 Å². The summed E-state index contributed by atoms with van der Waals surface area (Å²) in [4.78, 5) is 2.49. The van der Waals surface area contributed by atoms with Crippen LogP contribution in [0.2, 0.25) is 0 Å². The third kappa shape index (κ3) is 7.20. The lowest BCUT2D eigenvalue weighted by Crippen LogP contribution is -2.37. The van der Waals surface area contributed by atoms with Crippen molar-refractivity contribution in [2.75, 3.05) is 45.9 Å². The molecule has 1 saturated heterocycles. The van der Waals surface area contributed by atoms with Gasteiger partial charge in [-0.05, 0) is 37.9 Å². The first kappa shape index (κ1) is 13.9. The predicted molar refractivity (Wildman–Crippen MR) is 68.8 cm³/mol. The first-order valence-electron chi connectivity index (χ1n) is 6.59. The molecular weight excluding hydrogens is 200 g/mol. The molecule has 0 unspecified atom stereocenters. The second-order valence-corrected chi connectivity index (χ2v) is 5.87. The number of nitrogens with zero attached hydrogens (tertiary/aromatic N) is 1. The highest BCUT2D eigenvalue weighted by Crippen LogP contribution is 2.16.